The summed E-state index contributed by atoms with van der Waals surface area (Å²) < 4.78 is 0.333. The molecule has 15 heavy (non-hydrogen) atoms. The zero-order chi connectivity index (χ0) is 11.5. The van der Waals surface area contributed by atoms with Crippen LogP contribution in [-0.2, 0) is 5.41 Å². The zero-order valence-corrected chi connectivity index (χ0v) is 10.9. The Kier molecular flexibility index (Phi) is 4.24. The van der Waals surface area contributed by atoms with Crippen LogP contribution in [0, 0.1) is 6.92 Å². The van der Waals surface area contributed by atoms with Gasteiger partial charge in [0.15, 0.2) is 0 Å². The van der Waals surface area contributed by atoms with Crippen molar-refractivity contribution in [3.8, 4) is 0 Å². The van der Waals surface area contributed by atoms with Crippen LogP contribution in [0.25, 0.3) is 0 Å². The number of aryl methyl sites for hydroxylation is 1. The third kappa shape index (κ3) is 3.25. The molecule has 0 nitrogen and oxygen atoms in total. The van der Waals surface area contributed by atoms with Crippen molar-refractivity contribution in [2.45, 2.75) is 32.6 Å². The molecule has 0 saturated carbocycles. The number of benzene rings is 1. The first-order chi connectivity index (χ1) is 6.98. The average Bonchev–Trinajstić information content (AvgIpc) is 2.17. The molecule has 1 unspecified atom stereocenters. The molecule has 0 heterocycles. The molecule has 0 spiro atoms. The SMILES string of the molecule is CCC(C)(C=C(Cl)Cl)c1ccc(C)cc1. The maximum absolute atomic E-state index is 5.75. The lowest BCUT2D eigenvalue weighted by molar-refractivity contribution is 0.572. The van der Waals surface area contributed by atoms with E-state index in [1.807, 2.05) is 6.08 Å². The quantitative estimate of drug-likeness (QED) is 0.702. The van der Waals surface area contributed by atoms with E-state index in [9.17, 15) is 0 Å². The van der Waals surface area contributed by atoms with Gasteiger partial charge in [0.2, 0.25) is 0 Å². The van der Waals surface area contributed by atoms with E-state index in [1.165, 1.54) is 11.1 Å². The molecule has 1 rings (SSSR count). The largest absolute Gasteiger partial charge is 0.103 e. The highest BCUT2D eigenvalue weighted by atomic mass is 35.5. The summed E-state index contributed by atoms with van der Waals surface area (Å²) in [4.78, 5) is 0. The van der Waals surface area contributed by atoms with Crippen molar-refractivity contribution in [3.63, 3.8) is 0 Å². The van der Waals surface area contributed by atoms with Crippen LogP contribution in [0.3, 0.4) is 0 Å². The number of allylic oxidation sites excluding steroid dienone is 1. The Morgan fingerprint density at radius 2 is 1.80 bits per heavy atom. The Balaban J connectivity index is 3.11. The minimum absolute atomic E-state index is 0.0769. The highest BCUT2D eigenvalue weighted by Crippen LogP contribution is 2.31. The van der Waals surface area contributed by atoms with Crippen molar-refractivity contribution >= 4 is 23.2 Å². The predicted molar refractivity (Wildman–Crippen MR) is 68.6 cm³/mol. The van der Waals surface area contributed by atoms with Gasteiger partial charge in [-0.3, -0.25) is 0 Å². The molecule has 0 saturated heterocycles. The van der Waals surface area contributed by atoms with E-state index in [0.29, 0.717) is 4.49 Å². The van der Waals surface area contributed by atoms with E-state index in [2.05, 4.69) is 45.0 Å². The molecule has 1 atom stereocenters. The molecule has 0 bridgehead atoms. The average molecular weight is 243 g/mol. The summed E-state index contributed by atoms with van der Waals surface area (Å²) in [5.74, 6) is 0. The van der Waals surface area contributed by atoms with Crippen LogP contribution >= 0.6 is 23.2 Å². The van der Waals surface area contributed by atoms with Gasteiger partial charge in [0.05, 0.1) is 0 Å². The predicted octanol–water partition coefficient (Wildman–Crippen LogP) is 4.98. The van der Waals surface area contributed by atoms with Crippen LogP contribution < -0.4 is 0 Å². The van der Waals surface area contributed by atoms with E-state index in [0.717, 1.165) is 6.42 Å². The minimum atomic E-state index is -0.0769. The molecular weight excluding hydrogens is 227 g/mol. The number of halogens is 2. The number of rotatable bonds is 3. The van der Waals surface area contributed by atoms with Gasteiger partial charge in [0.1, 0.15) is 4.49 Å². The second kappa shape index (κ2) is 5.05. The first-order valence-corrected chi connectivity index (χ1v) is 5.84. The van der Waals surface area contributed by atoms with Crippen LogP contribution in [0.15, 0.2) is 34.8 Å². The molecule has 0 aromatic heterocycles. The Morgan fingerprint density at radius 3 is 2.20 bits per heavy atom. The fourth-order valence-corrected chi connectivity index (χ4v) is 2.05. The highest BCUT2D eigenvalue weighted by molar-refractivity contribution is 6.55. The van der Waals surface area contributed by atoms with Crippen LogP contribution in [0.2, 0.25) is 0 Å². The van der Waals surface area contributed by atoms with Crippen molar-refractivity contribution in [1.29, 1.82) is 0 Å². The summed E-state index contributed by atoms with van der Waals surface area (Å²) in [6.45, 7) is 6.35. The molecule has 0 aliphatic heterocycles. The molecule has 0 aliphatic carbocycles. The molecule has 1 aromatic rings. The van der Waals surface area contributed by atoms with Gasteiger partial charge in [0, 0.05) is 5.41 Å². The summed E-state index contributed by atoms with van der Waals surface area (Å²) in [6.07, 6.45) is 2.87. The summed E-state index contributed by atoms with van der Waals surface area (Å²) in [7, 11) is 0. The third-order valence-electron chi connectivity index (χ3n) is 2.87. The Hall–Kier alpha value is -0.460. The summed E-state index contributed by atoms with van der Waals surface area (Å²) in [6, 6.07) is 8.48. The maximum Gasteiger partial charge on any atom is 0.103 e. The fraction of sp³-hybridized carbons (Fsp3) is 0.385. The zero-order valence-electron chi connectivity index (χ0n) is 9.35. The lowest BCUT2D eigenvalue weighted by Gasteiger charge is -2.25. The molecule has 82 valence electrons. The standard InChI is InChI=1S/C13H16Cl2/c1-4-13(3,9-12(14)15)11-7-5-10(2)6-8-11/h5-9H,4H2,1-3H3. The van der Waals surface area contributed by atoms with Gasteiger partial charge < -0.3 is 0 Å². The van der Waals surface area contributed by atoms with Crippen LogP contribution in [0.1, 0.15) is 31.4 Å². The maximum atomic E-state index is 5.75. The van der Waals surface area contributed by atoms with Gasteiger partial charge in [-0.1, -0.05) is 66.9 Å². The summed E-state index contributed by atoms with van der Waals surface area (Å²) in [5.41, 5.74) is 2.43. The second-order valence-corrected chi connectivity index (χ2v) is 5.08. The van der Waals surface area contributed by atoms with Crippen LogP contribution in [0.4, 0.5) is 0 Å². The van der Waals surface area contributed by atoms with E-state index in [1.54, 1.807) is 0 Å². The van der Waals surface area contributed by atoms with E-state index >= 15 is 0 Å². The summed E-state index contributed by atoms with van der Waals surface area (Å²) >= 11 is 11.5. The molecular formula is C13H16Cl2. The normalized spacial score (nSPS) is 14.5. The molecule has 1 aromatic carbocycles. The molecule has 0 N–H and O–H groups in total. The van der Waals surface area contributed by atoms with Gasteiger partial charge in [-0.2, -0.15) is 0 Å². The van der Waals surface area contributed by atoms with E-state index in [-0.39, 0.29) is 5.41 Å². The van der Waals surface area contributed by atoms with Crippen LogP contribution in [0.5, 0.6) is 0 Å². The first kappa shape index (κ1) is 12.6. The first-order valence-electron chi connectivity index (χ1n) is 5.09. The van der Waals surface area contributed by atoms with Gasteiger partial charge in [-0.25, -0.2) is 0 Å². The molecule has 0 amide bonds. The smallest absolute Gasteiger partial charge is 0.0712 e. The van der Waals surface area contributed by atoms with Crippen LogP contribution in [-0.4, -0.2) is 0 Å². The molecule has 2 heteroatoms. The van der Waals surface area contributed by atoms with Gasteiger partial charge in [-0.15, -0.1) is 0 Å². The van der Waals surface area contributed by atoms with Crippen molar-refractivity contribution in [2.75, 3.05) is 0 Å². The molecule has 0 radical (unpaired) electrons. The van der Waals surface area contributed by atoms with Gasteiger partial charge >= 0.3 is 0 Å². The second-order valence-electron chi connectivity index (χ2n) is 4.07. The summed E-state index contributed by atoms with van der Waals surface area (Å²) in [5, 5.41) is 0. The Morgan fingerprint density at radius 1 is 1.27 bits per heavy atom. The monoisotopic (exact) mass is 242 g/mol. The highest BCUT2D eigenvalue weighted by Gasteiger charge is 2.21. The minimum Gasteiger partial charge on any atom is -0.0712 e. The molecule has 0 aliphatic rings. The van der Waals surface area contributed by atoms with Crippen molar-refractivity contribution in [3.05, 3.63) is 46.0 Å². The van der Waals surface area contributed by atoms with Gasteiger partial charge in [-0.05, 0) is 25.0 Å². The Bertz CT molecular complexity index is 347. The Labute approximate surface area is 102 Å². The third-order valence-corrected chi connectivity index (χ3v) is 3.09. The van der Waals surface area contributed by atoms with E-state index < -0.39 is 0 Å². The number of hydrogen-bond donors (Lipinski definition) is 0. The molecule has 0 fully saturated rings. The van der Waals surface area contributed by atoms with Crippen molar-refractivity contribution < 1.29 is 0 Å². The topological polar surface area (TPSA) is 0 Å². The van der Waals surface area contributed by atoms with Crippen molar-refractivity contribution in [1.82, 2.24) is 0 Å². The number of hydrogen-bond acceptors (Lipinski definition) is 0. The lowest BCUT2D eigenvalue weighted by Crippen LogP contribution is -2.17. The lowest BCUT2D eigenvalue weighted by atomic mass is 9.80. The van der Waals surface area contributed by atoms with Gasteiger partial charge in [0.25, 0.3) is 0 Å². The van der Waals surface area contributed by atoms with Crippen molar-refractivity contribution in [2.24, 2.45) is 0 Å². The fourth-order valence-electron chi connectivity index (χ4n) is 1.56. The van der Waals surface area contributed by atoms with E-state index in [4.69, 9.17) is 23.2 Å².